The number of nitro groups is 1. The molecule has 2 rings (SSSR count). The number of halogens is 2. The summed E-state index contributed by atoms with van der Waals surface area (Å²) in [5.41, 5.74) is -1.23. The monoisotopic (exact) mass is 312 g/mol. The normalized spacial score (nSPS) is 10.4. The third kappa shape index (κ3) is 3.22. The summed E-state index contributed by atoms with van der Waals surface area (Å²) in [6.45, 7) is 0.229. The van der Waals surface area contributed by atoms with Gasteiger partial charge >= 0.3 is 0 Å². The summed E-state index contributed by atoms with van der Waals surface area (Å²) in [5.74, 6) is -3.40. The van der Waals surface area contributed by atoms with Gasteiger partial charge in [0.25, 0.3) is 11.6 Å². The maximum atomic E-state index is 13.3. The van der Waals surface area contributed by atoms with E-state index in [-0.39, 0.29) is 6.54 Å². The van der Waals surface area contributed by atoms with E-state index in [1.54, 1.807) is 12.1 Å². The van der Waals surface area contributed by atoms with E-state index in [4.69, 9.17) is 0 Å². The number of nitrogens with zero attached hydrogens (tertiary/aromatic N) is 2. The number of carbonyl (C=O) groups is 1. The third-order valence-electron chi connectivity index (χ3n) is 2.79. The molecule has 0 spiro atoms. The van der Waals surface area contributed by atoms with Crippen LogP contribution in [0.3, 0.4) is 0 Å². The predicted octanol–water partition coefficient (Wildman–Crippen LogP) is 3.21. The van der Waals surface area contributed by atoms with Gasteiger partial charge < -0.3 is 4.90 Å². The predicted molar refractivity (Wildman–Crippen MR) is 73.1 cm³/mol. The molecular weight excluding hydrogens is 302 g/mol. The Kier molecular flexibility index (Phi) is 4.27. The zero-order valence-electron chi connectivity index (χ0n) is 10.9. The van der Waals surface area contributed by atoms with Crippen LogP contribution in [0.1, 0.15) is 15.2 Å². The molecule has 5 nitrogen and oxygen atoms in total. The van der Waals surface area contributed by atoms with Crippen molar-refractivity contribution in [3.8, 4) is 0 Å². The Bertz CT molecular complexity index is 689. The van der Waals surface area contributed by atoms with Crippen LogP contribution in [0.2, 0.25) is 0 Å². The number of carbonyl (C=O) groups excluding carboxylic acids is 1. The van der Waals surface area contributed by atoms with Crippen molar-refractivity contribution in [2.45, 2.75) is 6.54 Å². The van der Waals surface area contributed by atoms with Crippen molar-refractivity contribution in [2.24, 2.45) is 0 Å². The van der Waals surface area contributed by atoms with Crippen molar-refractivity contribution in [1.82, 2.24) is 4.90 Å². The highest BCUT2D eigenvalue weighted by Gasteiger charge is 2.26. The molecule has 110 valence electrons. The zero-order valence-corrected chi connectivity index (χ0v) is 11.7. The van der Waals surface area contributed by atoms with Gasteiger partial charge in [-0.1, -0.05) is 6.07 Å². The minimum Gasteiger partial charge on any atom is -0.336 e. The van der Waals surface area contributed by atoms with E-state index < -0.39 is 33.7 Å². The summed E-state index contributed by atoms with van der Waals surface area (Å²) >= 11 is 1.42. The average Bonchev–Trinajstić information content (AvgIpc) is 2.93. The van der Waals surface area contributed by atoms with Crippen molar-refractivity contribution < 1.29 is 18.5 Å². The Morgan fingerprint density at radius 3 is 2.62 bits per heavy atom. The van der Waals surface area contributed by atoms with E-state index in [1.165, 1.54) is 23.3 Å². The minimum atomic E-state index is -1.36. The quantitative estimate of drug-likeness (QED) is 0.643. The first-order chi connectivity index (χ1) is 9.90. The fraction of sp³-hybridized carbons (Fsp3) is 0.154. The number of amides is 1. The number of hydrogen-bond donors (Lipinski definition) is 0. The van der Waals surface area contributed by atoms with Gasteiger partial charge in [-0.15, -0.1) is 11.3 Å². The van der Waals surface area contributed by atoms with Crippen LogP contribution < -0.4 is 0 Å². The Balaban J connectivity index is 2.33. The van der Waals surface area contributed by atoms with E-state index in [0.717, 1.165) is 4.88 Å². The van der Waals surface area contributed by atoms with E-state index in [2.05, 4.69) is 0 Å². The van der Waals surface area contributed by atoms with Crippen LogP contribution in [0.25, 0.3) is 0 Å². The SMILES string of the molecule is CN(Cc1cccs1)C(=O)c1cc(F)c(F)cc1[N+](=O)[O-]. The van der Waals surface area contributed by atoms with Crippen LogP contribution in [-0.2, 0) is 6.54 Å². The average molecular weight is 312 g/mol. The van der Waals surface area contributed by atoms with E-state index in [9.17, 15) is 23.7 Å². The van der Waals surface area contributed by atoms with Crippen molar-refractivity contribution in [1.29, 1.82) is 0 Å². The van der Waals surface area contributed by atoms with Crippen LogP contribution in [0.15, 0.2) is 29.6 Å². The highest BCUT2D eigenvalue weighted by atomic mass is 32.1. The number of rotatable bonds is 4. The van der Waals surface area contributed by atoms with Gasteiger partial charge in [0.15, 0.2) is 11.6 Å². The first kappa shape index (κ1) is 15.0. The van der Waals surface area contributed by atoms with Crippen LogP contribution in [0.4, 0.5) is 14.5 Å². The van der Waals surface area contributed by atoms with Gasteiger partial charge in [0.2, 0.25) is 0 Å². The number of benzene rings is 1. The van der Waals surface area contributed by atoms with Crippen molar-refractivity contribution in [3.05, 3.63) is 61.8 Å². The molecule has 0 bridgehead atoms. The molecule has 0 radical (unpaired) electrons. The van der Waals surface area contributed by atoms with Gasteiger partial charge in [-0.25, -0.2) is 8.78 Å². The van der Waals surface area contributed by atoms with Crippen LogP contribution in [-0.4, -0.2) is 22.8 Å². The summed E-state index contributed by atoms with van der Waals surface area (Å²) in [5, 5.41) is 12.7. The van der Waals surface area contributed by atoms with Crippen LogP contribution in [0, 0.1) is 21.7 Å². The first-order valence-corrected chi connectivity index (χ1v) is 6.69. The molecule has 1 aromatic carbocycles. The molecule has 1 amide bonds. The van der Waals surface area contributed by atoms with Gasteiger partial charge in [0, 0.05) is 11.9 Å². The molecule has 1 heterocycles. The third-order valence-corrected chi connectivity index (χ3v) is 3.65. The first-order valence-electron chi connectivity index (χ1n) is 5.81. The second kappa shape index (κ2) is 5.96. The molecular formula is C13H10F2N2O3S. The molecule has 0 unspecified atom stereocenters. The molecule has 0 saturated heterocycles. The molecule has 1 aromatic heterocycles. The molecule has 8 heteroatoms. The Morgan fingerprint density at radius 1 is 1.38 bits per heavy atom. The molecule has 0 atom stereocenters. The molecule has 0 aliphatic rings. The molecule has 0 N–H and O–H groups in total. The van der Waals surface area contributed by atoms with E-state index in [0.29, 0.717) is 12.1 Å². The number of hydrogen-bond acceptors (Lipinski definition) is 4. The highest BCUT2D eigenvalue weighted by molar-refractivity contribution is 7.09. The number of nitro benzene ring substituents is 1. The van der Waals surface area contributed by atoms with E-state index in [1.807, 2.05) is 5.38 Å². The lowest BCUT2D eigenvalue weighted by Gasteiger charge is -2.16. The lowest BCUT2D eigenvalue weighted by molar-refractivity contribution is -0.385. The topological polar surface area (TPSA) is 63.5 Å². The fourth-order valence-corrected chi connectivity index (χ4v) is 2.53. The van der Waals surface area contributed by atoms with Gasteiger partial charge in [-0.2, -0.15) is 0 Å². The zero-order chi connectivity index (χ0) is 15.6. The molecule has 0 aliphatic carbocycles. The van der Waals surface area contributed by atoms with Crippen molar-refractivity contribution in [3.63, 3.8) is 0 Å². The van der Waals surface area contributed by atoms with Crippen LogP contribution in [0.5, 0.6) is 0 Å². The smallest absolute Gasteiger partial charge is 0.285 e. The molecule has 2 aromatic rings. The van der Waals surface area contributed by atoms with E-state index >= 15 is 0 Å². The minimum absolute atomic E-state index is 0.229. The van der Waals surface area contributed by atoms with Gasteiger partial charge in [-0.05, 0) is 17.5 Å². The van der Waals surface area contributed by atoms with Crippen molar-refractivity contribution in [2.75, 3.05) is 7.05 Å². The maximum Gasteiger partial charge on any atom is 0.285 e. The summed E-state index contributed by atoms with van der Waals surface area (Å²) in [7, 11) is 1.44. The van der Waals surface area contributed by atoms with Crippen molar-refractivity contribution >= 4 is 22.9 Å². The Hall–Kier alpha value is -2.35. The Morgan fingerprint density at radius 2 is 2.05 bits per heavy atom. The summed E-state index contributed by atoms with van der Waals surface area (Å²) in [4.78, 5) is 24.3. The van der Waals surface area contributed by atoms with Gasteiger partial charge in [0.1, 0.15) is 5.56 Å². The summed E-state index contributed by atoms with van der Waals surface area (Å²) < 4.78 is 26.3. The largest absolute Gasteiger partial charge is 0.336 e. The lowest BCUT2D eigenvalue weighted by Crippen LogP contribution is -2.26. The second-order valence-corrected chi connectivity index (χ2v) is 5.31. The molecule has 0 fully saturated rings. The lowest BCUT2D eigenvalue weighted by atomic mass is 10.1. The molecule has 0 saturated carbocycles. The standard InChI is InChI=1S/C13H10F2N2O3S/c1-16(7-8-3-2-4-21-8)13(18)9-5-10(14)11(15)6-12(9)17(19)20/h2-6H,7H2,1H3. The van der Waals surface area contributed by atoms with Crippen LogP contribution >= 0.6 is 11.3 Å². The Labute approximate surface area is 122 Å². The number of thiophene rings is 1. The fourth-order valence-electron chi connectivity index (χ4n) is 1.77. The summed E-state index contributed by atoms with van der Waals surface area (Å²) in [6, 6.07) is 4.58. The highest BCUT2D eigenvalue weighted by Crippen LogP contribution is 2.24. The van der Waals surface area contributed by atoms with Gasteiger partial charge in [0.05, 0.1) is 17.5 Å². The van der Waals surface area contributed by atoms with Gasteiger partial charge in [-0.3, -0.25) is 14.9 Å². The molecule has 0 aliphatic heterocycles. The summed E-state index contributed by atoms with van der Waals surface area (Å²) in [6.07, 6.45) is 0. The molecule has 21 heavy (non-hydrogen) atoms. The maximum absolute atomic E-state index is 13.3. The second-order valence-electron chi connectivity index (χ2n) is 4.28.